The molecule has 0 saturated heterocycles. The highest BCUT2D eigenvalue weighted by atomic mass is 16.6. The summed E-state index contributed by atoms with van der Waals surface area (Å²) in [5.74, 6) is 0.584. The van der Waals surface area contributed by atoms with Crippen LogP contribution in [-0.4, -0.2) is 15.0 Å². The van der Waals surface area contributed by atoms with Crippen molar-refractivity contribution in [3.8, 4) is 5.75 Å². The number of phenols is 1. The van der Waals surface area contributed by atoms with Crippen molar-refractivity contribution in [2.24, 2.45) is 0 Å². The SMILES string of the molecule is Cc1ccc2ccc(C(Nc3ccccn3)c3ccccc3[N+](=O)[O-])c(O)c2[nH+]1. The lowest BCUT2D eigenvalue weighted by atomic mass is 9.95. The summed E-state index contributed by atoms with van der Waals surface area (Å²) in [5.41, 5.74) is 2.39. The number of H-pyrrole nitrogens is 1. The number of benzene rings is 2. The van der Waals surface area contributed by atoms with E-state index in [0.29, 0.717) is 22.5 Å². The molecule has 144 valence electrons. The standard InChI is InChI=1S/C22H18N4O3/c1-14-9-10-15-11-12-17(22(27)20(15)24-14)21(25-19-8-4-5-13-23-19)16-6-2-3-7-18(16)26(28)29/h2-13,21,27H,1H3,(H,23,25)/p+1. The van der Waals surface area contributed by atoms with Crippen LogP contribution in [0.3, 0.4) is 0 Å². The third kappa shape index (κ3) is 3.58. The van der Waals surface area contributed by atoms with Crippen molar-refractivity contribution in [1.82, 2.24) is 4.98 Å². The van der Waals surface area contributed by atoms with Crippen molar-refractivity contribution >= 4 is 22.4 Å². The third-order valence-corrected chi connectivity index (χ3v) is 4.79. The monoisotopic (exact) mass is 387 g/mol. The van der Waals surface area contributed by atoms with Crippen molar-refractivity contribution in [1.29, 1.82) is 0 Å². The number of hydrogen-bond donors (Lipinski definition) is 2. The highest BCUT2D eigenvalue weighted by Crippen LogP contribution is 2.38. The fourth-order valence-electron chi connectivity index (χ4n) is 3.40. The summed E-state index contributed by atoms with van der Waals surface area (Å²) in [5, 5.41) is 26.8. The topological polar surface area (TPSA) is 102 Å². The number of phenolic OH excluding ortho intramolecular Hbond substituents is 1. The van der Waals surface area contributed by atoms with E-state index in [1.807, 2.05) is 31.2 Å². The highest BCUT2D eigenvalue weighted by Gasteiger charge is 2.28. The van der Waals surface area contributed by atoms with Gasteiger partial charge in [-0.3, -0.25) is 10.1 Å². The Bertz CT molecular complexity index is 1200. The van der Waals surface area contributed by atoms with Gasteiger partial charge in [-0.1, -0.05) is 24.3 Å². The number of pyridine rings is 2. The lowest BCUT2D eigenvalue weighted by Gasteiger charge is -2.21. The smallest absolute Gasteiger partial charge is 0.275 e. The molecule has 0 aliphatic rings. The Morgan fingerprint density at radius 1 is 1.03 bits per heavy atom. The predicted octanol–water partition coefficient (Wildman–Crippen LogP) is 4.17. The largest absolute Gasteiger partial charge is 0.502 e. The Hall–Kier alpha value is -4.00. The van der Waals surface area contributed by atoms with Crippen LogP contribution in [0.2, 0.25) is 0 Å². The second kappa shape index (κ2) is 7.55. The molecule has 29 heavy (non-hydrogen) atoms. The molecule has 0 saturated carbocycles. The van der Waals surface area contributed by atoms with Gasteiger partial charge in [0.15, 0.2) is 11.4 Å². The van der Waals surface area contributed by atoms with Gasteiger partial charge < -0.3 is 10.4 Å². The molecule has 0 fully saturated rings. The first kappa shape index (κ1) is 18.4. The number of aryl methyl sites for hydroxylation is 1. The van der Waals surface area contributed by atoms with E-state index in [2.05, 4.69) is 15.3 Å². The van der Waals surface area contributed by atoms with Gasteiger partial charge in [0.2, 0.25) is 0 Å². The fraction of sp³-hybridized carbons (Fsp3) is 0.0909. The Balaban J connectivity index is 1.93. The van der Waals surface area contributed by atoms with Crippen LogP contribution >= 0.6 is 0 Å². The molecule has 2 heterocycles. The van der Waals surface area contributed by atoms with Crippen LogP contribution in [0.5, 0.6) is 5.75 Å². The maximum Gasteiger partial charge on any atom is 0.275 e. The molecule has 2 aromatic carbocycles. The summed E-state index contributed by atoms with van der Waals surface area (Å²) in [4.78, 5) is 18.7. The number of aromatic amines is 1. The Labute approximate surface area is 166 Å². The molecule has 1 unspecified atom stereocenters. The average molecular weight is 387 g/mol. The zero-order chi connectivity index (χ0) is 20.4. The molecule has 7 nitrogen and oxygen atoms in total. The molecule has 3 N–H and O–H groups in total. The van der Waals surface area contributed by atoms with Crippen LogP contribution in [0.25, 0.3) is 10.9 Å². The van der Waals surface area contributed by atoms with Gasteiger partial charge in [-0.15, -0.1) is 0 Å². The molecular weight excluding hydrogens is 368 g/mol. The quantitative estimate of drug-likeness (QED) is 0.395. The van der Waals surface area contributed by atoms with Gasteiger partial charge in [0, 0.05) is 30.8 Å². The maximum absolute atomic E-state index is 11.6. The summed E-state index contributed by atoms with van der Waals surface area (Å²) in [7, 11) is 0. The molecule has 0 amide bonds. The molecule has 1 atom stereocenters. The number of aromatic hydroxyl groups is 1. The molecule has 7 heteroatoms. The number of aromatic nitrogens is 2. The van der Waals surface area contributed by atoms with Crippen molar-refractivity contribution in [3.63, 3.8) is 0 Å². The Kier molecular flexibility index (Phi) is 4.78. The minimum absolute atomic E-state index is 0.0337. The van der Waals surface area contributed by atoms with Crippen LogP contribution in [0, 0.1) is 17.0 Å². The number of rotatable bonds is 5. The normalized spacial score (nSPS) is 11.9. The van der Waals surface area contributed by atoms with Gasteiger partial charge in [0.05, 0.1) is 21.9 Å². The number of nitrogens with zero attached hydrogens (tertiary/aromatic N) is 2. The first-order chi connectivity index (χ1) is 14.0. The zero-order valence-corrected chi connectivity index (χ0v) is 15.7. The number of nitro groups is 1. The van der Waals surface area contributed by atoms with Crippen LogP contribution in [0.15, 0.2) is 72.9 Å². The third-order valence-electron chi connectivity index (χ3n) is 4.79. The van der Waals surface area contributed by atoms with Gasteiger partial charge in [-0.05, 0) is 30.3 Å². The fourth-order valence-corrected chi connectivity index (χ4v) is 3.40. The molecule has 0 aliphatic heterocycles. The lowest BCUT2D eigenvalue weighted by Crippen LogP contribution is -2.16. The van der Waals surface area contributed by atoms with Gasteiger partial charge >= 0.3 is 0 Å². The van der Waals surface area contributed by atoms with E-state index >= 15 is 0 Å². The molecule has 0 spiro atoms. The van der Waals surface area contributed by atoms with Crippen molar-refractivity contribution < 1.29 is 15.0 Å². The number of anilines is 1. The van der Waals surface area contributed by atoms with Crippen LogP contribution < -0.4 is 10.3 Å². The van der Waals surface area contributed by atoms with Gasteiger partial charge in [0.25, 0.3) is 11.2 Å². The van der Waals surface area contributed by atoms with Gasteiger partial charge in [-0.25, -0.2) is 9.97 Å². The summed E-state index contributed by atoms with van der Waals surface area (Å²) in [6.45, 7) is 1.90. The molecule has 0 aliphatic carbocycles. The number of nitrogens with one attached hydrogen (secondary N) is 2. The summed E-state index contributed by atoms with van der Waals surface area (Å²) in [6.07, 6.45) is 1.64. The second-order valence-corrected chi connectivity index (χ2v) is 6.72. The van der Waals surface area contributed by atoms with Gasteiger partial charge in [-0.2, -0.15) is 0 Å². The van der Waals surface area contributed by atoms with Crippen molar-refractivity contribution in [2.75, 3.05) is 5.32 Å². The zero-order valence-electron chi connectivity index (χ0n) is 15.7. The molecular formula is C22H19N4O3+. The van der Waals surface area contributed by atoms with E-state index in [-0.39, 0.29) is 11.4 Å². The molecule has 0 bridgehead atoms. The maximum atomic E-state index is 11.6. The predicted molar refractivity (Wildman–Crippen MR) is 110 cm³/mol. The first-order valence-corrected chi connectivity index (χ1v) is 9.10. The first-order valence-electron chi connectivity index (χ1n) is 9.10. The molecule has 2 aromatic heterocycles. The Morgan fingerprint density at radius 3 is 2.55 bits per heavy atom. The van der Waals surface area contributed by atoms with E-state index in [1.54, 1.807) is 42.6 Å². The van der Waals surface area contributed by atoms with Crippen LogP contribution in [0.4, 0.5) is 11.5 Å². The van der Waals surface area contributed by atoms with Crippen LogP contribution in [-0.2, 0) is 0 Å². The van der Waals surface area contributed by atoms with E-state index in [4.69, 9.17) is 0 Å². The average Bonchev–Trinajstić information content (AvgIpc) is 2.74. The van der Waals surface area contributed by atoms with E-state index < -0.39 is 11.0 Å². The minimum atomic E-state index is -0.676. The van der Waals surface area contributed by atoms with Crippen molar-refractivity contribution in [3.05, 3.63) is 99.9 Å². The Morgan fingerprint density at radius 2 is 1.79 bits per heavy atom. The number of fused-ring (bicyclic) bond motifs is 1. The summed E-state index contributed by atoms with van der Waals surface area (Å²) < 4.78 is 0. The summed E-state index contributed by atoms with van der Waals surface area (Å²) in [6, 6.07) is 18.7. The lowest BCUT2D eigenvalue weighted by molar-refractivity contribution is -0.385. The minimum Gasteiger partial charge on any atom is -0.502 e. The summed E-state index contributed by atoms with van der Waals surface area (Å²) >= 11 is 0. The number of para-hydroxylation sites is 1. The van der Waals surface area contributed by atoms with E-state index in [9.17, 15) is 15.2 Å². The molecule has 4 rings (SSSR count). The van der Waals surface area contributed by atoms with Crippen molar-refractivity contribution in [2.45, 2.75) is 13.0 Å². The van der Waals surface area contributed by atoms with E-state index in [0.717, 1.165) is 11.1 Å². The number of nitro benzene ring substituents is 1. The highest BCUT2D eigenvalue weighted by molar-refractivity contribution is 5.83. The van der Waals surface area contributed by atoms with E-state index in [1.165, 1.54) is 6.07 Å². The van der Waals surface area contributed by atoms with Crippen LogP contribution in [0.1, 0.15) is 22.9 Å². The molecule has 0 radical (unpaired) electrons. The number of hydrogen-bond acceptors (Lipinski definition) is 5. The molecule has 4 aromatic rings. The second-order valence-electron chi connectivity index (χ2n) is 6.72. The van der Waals surface area contributed by atoms with Gasteiger partial charge in [0.1, 0.15) is 5.82 Å².